The molecule has 1 atom stereocenters. The Morgan fingerprint density at radius 2 is 1.79 bits per heavy atom. The second-order valence-corrected chi connectivity index (χ2v) is 9.46. The highest BCUT2D eigenvalue weighted by Gasteiger charge is 2.48. The number of halogens is 1. The van der Waals surface area contributed by atoms with Gasteiger partial charge in [0.2, 0.25) is 5.91 Å². The number of hydrogen-bond donors (Lipinski definition) is 1. The van der Waals surface area contributed by atoms with Crippen LogP contribution in [0.3, 0.4) is 0 Å². The van der Waals surface area contributed by atoms with Gasteiger partial charge >= 0.3 is 0 Å². The van der Waals surface area contributed by atoms with Crippen LogP contribution in [-0.2, 0) is 17.9 Å². The van der Waals surface area contributed by atoms with Crippen molar-refractivity contribution in [1.29, 1.82) is 0 Å². The summed E-state index contributed by atoms with van der Waals surface area (Å²) in [5.74, 6) is -0.439. The zero-order valence-electron chi connectivity index (χ0n) is 18.9. The van der Waals surface area contributed by atoms with Gasteiger partial charge < -0.3 is 14.8 Å². The summed E-state index contributed by atoms with van der Waals surface area (Å²) < 4.78 is 15.3. The van der Waals surface area contributed by atoms with Crippen LogP contribution < -0.4 is 5.32 Å². The monoisotopic (exact) mass is 448 g/mol. The Labute approximate surface area is 192 Å². The molecule has 2 aliphatic rings. The highest BCUT2D eigenvalue weighted by Crippen LogP contribution is 2.32. The smallest absolute Gasteiger partial charge is 0.291 e. The number of rotatable bonds is 4. The van der Waals surface area contributed by atoms with Gasteiger partial charge in [-0.3, -0.25) is 9.59 Å². The molecule has 3 aromatic rings. The molecule has 2 aromatic carbocycles. The minimum Gasteiger partial charge on any atom is -0.351 e. The SMILES string of the molecule is C[C@]1(C(=O)NC2CCCCCC2)Cn2c(nc3ccccc32)C(=O)N1Cc1ccc(F)cc1. The summed E-state index contributed by atoms with van der Waals surface area (Å²) >= 11 is 0. The molecular weight excluding hydrogens is 419 g/mol. The van der Waals surface area contributed by atoms with E-state index < -0.39 is 5.54 Å². The van der Waals surface area contributed by atoms with E-state index >= 15 is 0 Å². The van der Waals surface area contributed by atoms with E-state index in [9.17, 15) is 14.0 Å². The summed E-state index contributed by atoms with van der Waals surface area (Å²) in [6.07, 6.45) is 6.54. The minimum atomic E-state index is -1.10. The number of imidazole rings is 1. The van der Waals surface area contributed by atoms with Gasteiger partial charge in [0.1, 0.15) is 11.4 Å². The lowest BCUT2D eigenvalue weighted by atomic mass is 9.93. The van der Waals surface area contributed by atoms with E-state index in [-0.39, 0.29) is 30.2 Å². The van der Waals surface area contributed by atoms with Crippen LogP contribution in [0, 0.1) is 5.82 Å². The normalized spacial score (nSPS) is 21.6. The Morgan fingerprint density at radius 3 is 2.52 bits per heavy atom. The van der Waals surface area contributed by atoms with Crippen molar-refractivity contribution in [3.8, 4) is 0 Å². The average molecular weight is 449 g/mol. The summed E-state index contributed by atoms with van der Waals surface area (Å²) in [5.41, 5.74) is 1.24. The first kappa shape index (κ1) is 21.6. The summed E-state index contributed by atoms with van der Waals surface area (Å²) in [6.45, 7) is 2.35. The van der Waals surface area contributed by atoms with Gasteiger partial charge in [0.05, 0.1) is 17.6 Å². The predicted octanol–water partition coefficient (Wildman–Crippen LogP) is 4.43. The molecule has 7 heteroatoms. The molecule has 172 valence electrons. The predicted molar refractivity (Wildman–Crippen MR) is 124 cm³/mol. The van der Waals surface area contributed by atoms with Gasteiger partial charge in [0, 0.05) is 12.6 Å². The van der Waals surface area contributed by atoms with E-state index in [0.29, 0.717) is 12.4 Å². The first-order chi connectivity index (χ1) is 16.0. The number of fused-ring (bicyclic) bond motifs is 3. The summed E-state index contributed by atoms with van der Waals surface area (Å²) in [5, 5.41) is 3.26. The Balaban J connectivity index is 1.53. The fraction of sp³-hybridized carbons (Fsp3) is 0.423. The molecule has 0 spiro atoms. The van der Waals surface area contributed by atoms with Crippen molar-refractivity contribution in [2.24, 2.45) is 0 Å². The zero-order valence-corrected chi connectivity index (χ0v) is 18.9. The lowest BCUT2D eigenvalue weighted by Crippen LogP contribution is -2.64. The summed E-state index contributed by atoms with van der Waals surface area (Å²) in [6, 6.07) is 13.8. The van der Waals surface area contributed by atoms with Gasteiger partial charge in [-0.2, -0.15) is 0 Å². The third-order valence-electron chi connectivity index (χ3n) is 7.09. The van der Waals surface area contributed by atoms with Crippen LogP contribution in [0.2, 0.25) is 0 Å². The van der Waals surface area contributed by atoms with Gasteiger partial charge in [0.25, 0.3) is 5.91 Å². The topological polar surface area (TPSA) is 67.2 Å². The van der Waals surface area contributed by atoms with Gasteiger partial charge in [-0.05, 0) is 49.6 Å². The molecule has 33 heavy (non-hydrogen) atoms. The molecule has 1 fully saturated rings. The second kappa shape index (κ2) is 8.61. The number of nitrogens with one attached hydrogen (secondary N) is 1. The first-order valence-electron chi connectivity index (χ1n) is 11.8. The van der Waals surface area contributed by atoms with E-state index in [0.717, 1.165) is 42.3 Å². The summed E-state index contributed by atoms with van der Waals surface area (Å²) in [4.78, 5) is 33.7. The third kappa shape index (κ3) is 4.01. The number of carbonyl (C=O) groups is 2. The molecular formula is C26H29FN4O2. The number of hydrogen-bond acceptors (Lipinski definition) is 3. The van der Waals surface area contributed by atoms with Crippen LogP contribution >= 0.6 is 0 Å². The van der Waals surface area contributed by atoms with Crippen LogP contribution in [0.25, 0.3) is 11.0 Å². The van der Waals surface area contributed by atoms with Crippen molar-refractivity contribution < 1.29 is 14.0 Å². The highest BCUT2D eigenvalue weighted by molar-refractivity contribution is 6.01. The van der Waals surface area contributed by atoms with Crippen molar-refractivity contribution in [3.63, 3.8) is 0 Å². The standard InChI is InChI=1S/C26H29FN4O2/c1-26(25(33)28-20-8-4-2-3-5-9-20)17-30-22-11-7-6-10-21(22)29-23(30)24(32)31(26)16-18-12-14-19(27)15-13-18/h6-7,10-15,20H,2-5,8-9,16-17H2,1H3,(H,28,33)/t26-/m1/s1. The van der Waals surface area contributed by atoms with Crippen molar-refractivity contribution in [1.82, 2.24) is 19.8 Å². The van der Waals surface area contributed by atoms with Crippen LogP contribution in [-0.4, -0.2) is 37.8 Å². The largest absolute Gasteiger partial charge is 0.351 e. The second-order valence-electron chi connectivity index (χ2n) is 9.46. The molecule has 1 aliphatic heterocycles. The van der Waals surface area contributed by atoms with Crippen LogP contribution in [0.15, 0.2) is 48.5 Å². The molecule has 0 bridgehead atoms. The third-order valence-corrected chi connectivity index (χ3v) is 7.09. The number of para-hydroxylation sites is 2. The van der Waals surface area contributed by atoms with Gasteiger partial charge in [-0.25, -0.2) is 9.37 Å². The minimum absolute atomic E-state index is 0.125. The van der Waals surface area contributed by atoms with Crippen LogP contribution in [0.4, 0.5) is 4.39 Å². The molecule has 1 aliphatic carbocycles. The van der Waals surface area contributed by atoms with E-state index in [1.807, 2.05) is 35.8 Å². The van der Waals surface area contributed by atoms with Crippen LogP contribution in [0.1, 0.15) is 61.6 Å². The number of benzene rings is 2. The van der Waals surface area contributed by atoms with Crippen LogP contribution in [0.5, 0.6) is 0 Å². The van der Waals surface area contributed by atoms with Gasteiger partial charge in [-0.1, -0.05) is 49.9 Å². The number of aromatic nitrogens is 2. The molecule has 1 N–H and O–H groups in total. The Morgan fingerprint density at radius 1 is 1.09 bits per heavy atom. The lowest BCUT2D eigenvalue weighted by molar-refractivity contribution is -0.134. The van der Waals surface area contributed by atoms with E-state index in [1.54, 1.807) is 17.0 Å². The maximum absolute atomic E-state index is 13.8. The fourth-order valence-electron chi connectivity index (χ4n) is 5.11. The Hall–Kier alpha value is -3.22. The quantitative estimate of drug-likeness (QED) is 0.601. The van der Waals surface area contributed by atoms with Crippen molar-refractivity contribution in [2.75, 3.05) is 0 Å². The van der Waals surface area contributed by atoms with E-state index in [4.69, 9.17) is 0 Å². The highest BCUT2D eigenvalue weighted by atomic mass is 19.1. The van der Waals surface area contributed by atoms with Crippen molar-refractivity contribution in [2.45, 2.75) is 70.1 Å². The van der Waals surface area contributed by atoms with Crippen molar-refractivity contribution >= 4 is 22.8 Å². The molecule has 1 saturated carbocycles. The molecule has 0 unspecified atom stereocenters. The molecule has 6 nitrogen and oxygen atoms in total. The van der Waals surface area contributed by atoms with Crippen molar-refractivity contribution in [3.05, 3.63) is 65.7 Å². The maximum atomic E-state index is 13.8. The van der Waals surface area contributed by atoms with E-state index in [2.05, 4.69) is 10.3 Å². The number of carbonyl (C=O) groups excluding carboxylic acids is 2. The number of amides is 2. The van der Waals surface area contributed by atoms with Gasteiger partial charge in [-0.15, -0.1) is 0 Å². The zero-order chi connectivity index (χ0) is 23.0. The molecule has 0 radical (unpaired) electrons. The Kier molecular flexibility index (Phi) is 5.64. The molecule has 2 heterocycles. The number of nitrogens with zero attached hydrogens (tertiary/aromatic N) is 3. The fourth-order valence-corrected chi connectivity index (χ4v) is 5.11. The molecule has 2 amide bonds. The van der Waals surface area contributed by atoms with E-state index in [1.165, 1.54) is 25.0 Å². The maximum Gasteiger partial charge on any atom is 0.291 e. The lowest BCUT2D eigenvalue weighted by Gasteiger charge is -2.44. The first-order valence-corrected chi connectivity index (χ1v) is 11.8. The van der Waals surface area contributed by atoms with Gasteiger partial charge in [0.15, 0.2) is 5.82 Å². The molecule has 1 aromatic heterocycles. The summed E-state index contributed by atoms with van der Waals surface area (Å²) in [7, 11) is 0. The average Bonchev–Trinajstić information content (AvgIpc) is 2.98. The Bertz CT molecular complexity index is 1180. The molecule has 5 rings (SSSR count). The molecule has 0 saturated heterocycles.